The summed E-state index contributed by atoms with van der Waals surface area (Å²) in [5.74, 6) is 0.419. The van der Waals surface area contributed by atoms with Crippen LogP contribution in [0.1, 0.15) is 23.6 Å². The summed E-state index contributed by atoms with van der Waals surface area (Å²) in [6.45, 7) is 0.870. The van der Waals surface area contributed by atoms with E-state index in [4.69, 9.17) is 0 Å². The lowest BCUT2D eigenvalue weighted by molar-refractivity contribution is -0.141. The van der Waals surface area contributed by atoms with Crippen LogP contribution in [0, 0.1) is 5.92 Å². The summed E-state index contributed by atoms with van der Waals surface area (Å²) in [5.41, 5.74) is -0.130. The van der Waals surface area contributed by atoms with Crippen LogP contribution in [0.2, 0.25) is 0 Å². The Morgan fingerprint density at radius 2 is 2.30 bits per heavy atom. The molecule has 2 N–H and O–H groups in total. The van der Waals surface area contributed by atoms with Crippen LogP contribution in [0.4, 0.5) is 13.2 Å². The SMILES string of the molecule is O=C(Cc1ccn[nH]1)NC[C@@H]1CCc2nc(C(F)(F)F)cn2C1. The number of halogens is 3. The quantitative estimate of drug-likeness (QED) is 0.894. The molecule has 1 aliphatic rings. The van der Waals surface area contributed by atoms with Gasteiger partial charge in [0.05, 0.1) is 6.42 Å². The van der Waals surface area contributed by atoms with Crippen molar-refractivity contribution in [1.82, 2.24) is 25.1 Å². The Hall–Kier alpha value is -2.32. The van der Waals surface area contributed by atoms with E-state index in [-0.39, 0.29) is 18.2 Å². The highest BCUT2D eigenvalue weighted by molar-refractivity contribution is 5.78. The summed E-state index contributed by atoms with van der Waals surface area (Å²) >= 11 is 0. The molecule has 0 spiro atoms. The van der Waals surface area contributed by atoms with Crippen LogP contribution >= 0.6 is 0 Å². The second kappa shape index (κ2) is 6.05. The van der Waals surface area contributed by atoms with Crippen molar-refractivity contribution in [2.24, 2.45) is 5.92 Å². The number of nitrogens with one attached hydrogen (secondary N) is 2. The molecule has 1 atom stereocenters. The van der Waals surface area contributed by atoms with Gasteiger partial charge in [0.15, 0.2) is 5.69 Å². The molecule has 1 amide bonds. The molecule has 124 valence electrons. The fourth-order valence-corrected chi connectivity index (χ4v) is 2.69. The van der Waals surface area contributed by atoms with E-state index in [1.165, 1.54) is 4.57 Å². The van der Waals surface area contributed by atoms with Gasteiger partial charge >= 0.3 is 6.18 Å². The van der Waals surface area contributed by atoms with E-state index in [2.05, 4.69) is 20.5 Å². The maximum atomic E-state index is 12.7. The van der Waals surface area contributed by atoms with Crippen molar-refractivity contribution in [3.8, 4) is 0 Å². The molecule has 1 aliphatic heterocycles. The minimum absolute atomic E-state index is 0.100. The molecule has 3 rings (SSSR count). The number of H-pyrrole nitrogens is 1. The second-order valence-corrected chi connectivity index (χ2v) is 5.66. The van der Waals surface area contributed by atoms with Gasteiger partial charge in [-0.1, -0.05) is 0 Å². The van der Waals surface area contributed by atoms with Gasteiger partial charge in [-0.05, 0) is 18.4 Å². The minimum atomic E-state index is -4.42. The number of carbonyl (C=O) groups excluding carboxylic acids is 1. The predicted octanol–water partition coefficient (Wildman–Crippen LogP) is 1.55. The van der Waals surface area contributed by atoms with Crippen molar-refractivity contribution < 1.29 is 18.0 Å². The van der Waals surface area contributed by atoms with Crippen molar-refractivity contribution >= 4 is 5.91 Å². The average Bonchev–Trinajstić information content (AvgIpc) is 3.12. The number of hydrogen-bond acceptors (Lipinski definition) is 3. The predicted molar refractivity (Wildman–Crippen MR) is 74.3 cm³/mol. The summed E-state index contributed by atoms with van der Waals surface area (Å²) in [4.78, 5) is 15.4. The van der Waals surface area contributed by atoms with Crippen LogP contribution in [0.15, 0.2) is 18.5 Å². The smallest absolute Gasteiger partial charge is 0.355 e. The van der Waals surface area contributed by atoms with Crippen LogP contribution in [-0.4, -0.2) is 32.2 Å². The van der Waals surface area contributed by atoms with Gasteiger partial charge in [-0.2, -0.15) is 18.3 Å². The van der Waals surface area contributed by atoms with Crippen molar-refractivity contribution in [3.63, 3.8) is 0 Å². The minimum Gasteiger partial charge on any atom is -0.355 e. The number of fused-ring (bicyclic) bond motifs is 1. The summed E-state index contributed by atoms with van der Waals surface area (Å²) in [6.07, 6.45) is -0.397. The van der Waals surface area contributed by atoms with E-state index in [9.17, 15) is 18.0 Å². The van der Waals surface area contributed by atoms with Crippen molar-refractivity contribution in [3.05, 3.63) is 35.7 Å². The highest BCUT2D eigenvalue weighted by Crippen LogP contribution is 2.30. The molecule has 2 aromatic heterocycles. The number of nitrogens with zero attached hydrogens (tertiary/aromatic N) is 3. The molecule has 0 saturated carbocycles. The Morgan fingerprint density at radius 1 is 1.48 bits per heavy atom. The molecule has 0 unspecified atom stereocenters. The van der Waals surface area contributed by atoms with Gasteiger partial charge in [0.1, 0.15) is 5.82 Å². The summed E-state index contributed by atoms with van der Waals surface area (Å²) in [7, 11) is 0. The molecule has 0 radical (unpaired) electrons. The number of aryl methyl sites for hydroxylation is 1. The first-order chi connectivity index (χ1) is 10.9. The van der Waals surface area contributed by atoms with Gasteiger partial charge in [0.2, 0.25) is 5.91 Å². The number of amides is 1. The topological polar surface area (TPSA) is 75.6 Å². The van der Waals surface area contributed by atoms with E-state index >= 15 is 0 Å². The van der Waals surface area contributed by atoms with E-state index in [0.717, 1.165) is 11.9 Å². The first-order valence-electron chi connectivity index (χ1n) is 7.30. The lowest BCUT2D eigenvalue weighted by Crippen LogP contribution is -2.34. The standard InChI is InChI=1S/C14H16F3N5O/c15-14(16,17)11-8-22-7-9(1-2-12(22)20-11)6-18-13(23)5-10-3-4-19-21-10/h3-4,8-9H,1-2,5-7H2,(H,18,23)(H,19,21)/t9-/m0/s1. The molecule has 0 saturated heterocycles. The van der Waals surface area contributed by atoms with E-state index in [0.29, 0.717) is 31.8 Å². The van der Waals surface area contributed by atoms with Gasteiger partial charge in [-0.25, -0.2) is 4.98 Å². The van der Waals surface area contributed by atoms with Crippen molar-refractivity contribution in [2.45, 2.75) is 32.0 Å². The third kappa shape index (κ3) is 3.72. The Bertz CT molecular complexity index is 677. The van der Waals surface area contributed by atoms with Gasteiger partial charge in [-0.3, -0.25) is 9.89 Å². The average molecular weight is 327 g/mol. The lowest BCUT2D eigenvalue weighted by Gasteiger charge is -2.23. The number of alkyl halides is 3. The number of imidazole rings is 1. The molecule has 0 bridgehead atoms. The van der Waals surface area contributed by atoms with Gasteiger partial charge in [-0.15, -0.1) is 0 Å². The van der Waals surface area contributed by atoms with E-state index < -0.39 is 11.9 Å². The number of rotatable bonds is 4. The Morgan fingerprint density at radius 3 is 3.00 bits per heavy atom. The lowest BCUT2D eigenvalue weighted by atomic mass is 9.99. The zero-order chi connectivity index (χ0) is 16.4. The molecule has 23 heavy (non-hydrogen) atoms. The number of aromatic amines is 1. The second-order valence-electron chi connectivity index (χ2n) is 5.66. The maximum Gasteiger partial charge on any atom is 0.434 e. The van der Waals surface area contributed by atoms with Crippen LogP contribution in [0.5, 0.6) is 0 Å². The maximum absolute atomic E-state index is 12.7. The molecule has 0 fully saturated rings. The third-order valence-electron chi connectivity index (χ3n) is 3.88. The largest absolute Gasteiger partial charge is 0.434 e. The summed E-state index contributed by atoms with van der Waals surface area (Å²) in [6, 6.07) is 1.72. The molecule has 0 aromatic carbocycles. The Balaban J connectivity index is 1.53. The molecule has 2 aromatic rings. The highest BCUT2D eigenvalue weighted by Gasteiger charge is 2.35. The van der Waals surface area contributed by atoms with Crippen LogP contribution in [-0.2, 0) is 30.4 Å². The van der Waals surface area contributed by atoms with Gasteiger partial charge in [0, 0.05) is 37.6 Å². The zero-order valence-corrected chi connectivity index (χ0v) is 12.2. The number of aromatic nitrogens is 4. The number of carbonyl (C=O) groups is 1. The number of hydrogen-bond donors (Lipinski definition) is 2. The van der Waals surface area contributed by atoms with Crippen LogP contribution in [0.3, 0.4) is 0 Å². The Labute approximate surface area is 130 Å². The highest BCUT2D eigenvalue weighted by atomic mass is 19.4. The fraction of sp³-hybridized carbons (Fsp3) is 0.500. The first-order valence-corrected chi connectivity index (χ1v) is 7.30. The third-order valence-corrected chi connectivity index (χ3v) is 3.88. The summed E-state index contributed by atoms with van der Waals surface area (Å²) in [5, 5.41) is 9.29. The molecular formula is C14H16F3N5O. The van der Waals surface area contributed by atoms with Crippen LogP contribution < -0.4 is 5.32 Å². The van der Waals surface area contributed by atoms with Crippen molar-refractivity contribution in [1.29, 1.82) is 0 Å². The van der Waals surface area contributed by atoms with Gasteiger partial charge < -0.3 is 9.88 Å². The Kier molecular flexibility index (Phi) is 4.10. The molecule has 3 heterocycles. The molecule has 6 nitrogen and oxygen atoms in total. The fourth-order valence-electron chi connectivity index (χ4n) is 2.69. The zero-order valence-electron chi connectivity index (χ0n) is 12.2. The van der Waals surface area contributed by atoms with Gasteiger partial charge in [0.25, 0.3) is 0 Å². The molecule has 0 aliphatic carbocycles. The first kappa shape index (κ1) is 15.6. The van der Waals surface area contributed by atoms with Crippen molar-refractivity contribution in [2.75, 3.05) is 6.54 Å². The monoisotopic (exact) mass is 327 g/mol. The van der Waals surface area contributed by atoms with E-state index in [1.54, 1.807) is 12.3 Å². The molecular weight excluding hydrogens is 311 g/mol. The summed E-state index contributed by atoms with van der Waals surface area (Å²) < 4.78 is 39.5. The normalized spacial score (nSPS) is 17.8. The van der Waals surface area contributed by atoms with Crippen LogP contribution in [0.25, 0.3) is 0 Å². The molecule has 9 heteroatoms. The van der Waals surface area contributed by atoms with E-state index in [1.807, 2.05) is 0 Å².